The second-order valence-corrected chi connectivity index (χ2v) is 6.68. The molecule has 0 spiro atoms. The van der Waals surface area contributed by atoms with Crippen molar-refractivity contribution in [1.82, 2.24) is 0 Å². The summed E-state index contributed by atoms with van der Waals surface area (Å²) in [5.41, 5.74) is -8.97. The smallest absolute Gasteiger partial charge is 0.319 e. The Labute approximate surface area is 172 Å². The van der Waals surface area contributed by atoms with Gasteiger partial charge in [-0.15, -0.1) is 0 Å². The van der Waals surface area contributed by atoms with Gasteiger partial charge in [-0.3, -0.25) is 4.79 Å². The first kappa shape index (κ1) is 24.1. The molecule has 0 saturated heterocycles. The van der Waals surface area contributed by atoms with Gasteiger partial charge in [-0.1, -0.05) is 41.4 Å². The van der Waals surface area contributed by atoms with E-state index in [0.717, 1.165) is 0 Å². The molecule has 13 heteroatoms. The van der Waals surface area contributed by atoms with Crippen LogP contribution in [0.4, 0.5) is 45.2 Å². The molecule has 2 aromatic carbocycles. The minimum atomic E-state index is -6.89. The third-order valence-electron chi connectivity index (χ3n) is 3.89. The quantitative estimate of drug-likeness (QED) is 0.459. The highest BCUT2D eigenvalue weighted by Crippen LogP contribution is 2.59. The maximum Gasteiger partial charge on any atom is 0.457 e. The Balaban J connectivity index is 2.58. The lowest BCUT2D eigenvalue weighted by atomic mass is 9.87. The Kier molecular flexibility index (Phi) is 6.31. The molecule has 0 aliphatic rings. The molecule has 2 aromatic rings. The first-order valence-electron chi connectivity index (χ1n) is 7.60. The molecule has 0 bridgehead atoms. The summed E-state index contributed by atoms with van der Waals surface area (Å²) in [7, 11) is 0. The Morgan fingerprint density at radius 2 is 1.23 bits per heavy atom. The molecule has 30 heavy (non-hydrogen) atoms. The molecule has 0 radical (unpaired) electrons. The highest BCUT2D eigenvalue weighted by Gasteiger charge is 2.81. The zero-order chi connectivity index (χ0) is 23.1. The molecule has 0 aliphatic heterocycles. The highest BCUT2D eigenvalue weighted by atomic mass is 35.5. The van der Waals surface area contributed by atoms with Crippen molar-refractivity contribution in [3.8, 4) is 0 Å². The third-order valence-corrected chi connectivity index (χ3v) is 4.49. The van der Waals surface area contributed by atoms with Crippen LogP contribution >= 0.6 is 23.2 Å². The minimum Gasteiger partial charge on any atom is -0.319 e. The fourth-order valence-corrected chi connectivity index (χ4v) is 2.97. The second kappa shape index (κ2) is 7.84. The van der Waals surface area contributed by atoms with Crippen LogP contribution in [0.25, 0.3) is 0 Å². The SMILES string of the molecule is O=C(Nc1c(Cl)cc(C(F)(C(F)(F)F)C(F)(F)C(F)(F)F)cc1Cl)c1ccccc1. The number of hydrogen-bond acceptors (Lipinski definition) is 1. The highest BCUT2D eigenvalue weighted by molar-refractivity contribution is 6.40. The van der Waals surface area contributed by atoms with Crippen LogP contribution in [-0.2, 0) is 5.67 Å². The monoisotopic (exact) mass is 483 g/mol. The average Bonchev–Trinajstić information content (AvgIpc) is 2.62. The van der Waals surface area contributed by atoms with Crippen molar-refractivity contribution in [3.63, 3.8) is 0 Å². The normalized spacial score (nSPS) is 14.9. The lowest BCUT2D eigenvalue weighted by Gasteiger charge is -2.36. The van der Waals surface area contributed by atoms with E-state index in [0.29, 0.717) is 0 Å². The number of amides is 1. The fraction of sp³-hybridized carbons (Fsp3) is 0.235. The van der Waals surface area contributed by atoms with E-state index in [9.17, 15) is 44.3 Å². The lowest BCUT2D eigenvalue weighted by Crippen LogP contribution is -2.59. The molecule has 0 heterocycles. The molecule has 2 nitrogen and oxygen atoms in total. The largest absolute Gasteiger partial charge is 0.457 e. The van der Waals surface area contributed by atoms with Crippen molar-refractivity contribution < 1.29 is 44.3 Å². The van der Waals surface area contributed by atoms with Gasteiger partial charge in [0.15, 0.2) is 0 Å². The van der Waals surface area contributed by atoms with Gasteiger partial charge >= 0.3 is 23.9 Å². The molecule has 1 atom stereocenters. The zero-order valence-electron chi connectivity index (χ0n) is 14.1. The summed E-state index contributed by atoms with van der Waals surface area (Å²) in [6.07, 6.45) is -13.6. The van der Waals surface area contributed by atoms with E-state index in [-0.39, 0.29) is 17.7 Å². The number of halogens is 11. The Morgan fingerprint density at radius 3 is 1.63 bits per heavy atom. The first-order chi connectivity index (χ1) is 13.5. The van der Waals surface area contributed by atoms with E-state index < -0.39 is 51.1 Å². The summed E-state index contributed by atoms with van der Waals surface area (Å²) in [6.45, 7) is 0. The standard InChI is InChI=1S/C17H8Cl2F9NO/c18-10-6-9(14(20,16(23,24)25)15(21,22)17(26,27)28)7-11(19)12(10)29-13(30)8-4-2-1-3-5-8/h1-7H,(H,29,30). The van der Waals surface area contributed by atoms with Gasteiger partial charge in [0.25, 0.3) is 5.91 Å². The van der Waals surface area contributed by atoms with Crippen LogP contribution in [0.2, 0.25) is 10.0 Å². The molecular weight excluding hydrogens is 476 g/mol. The minimum absolute atomic E-state index is 0.0347. The van der Waals surface area contributed by atoms with Gasteiger partial charge in [-0.05, 0) is 24.3 Å². The van der Waals surface area contributed by atoms with Crippen molar-refractivity contribution in [3.05, 3.63) is 63.6 Å². The van der Waals surface area contributed by atoms with Crippen molar-refractivity contribution >= 4 is 34.8 Å². The summed E-state index contributed by atoms with van der Waals surface area (Å²) >= 11 is 11.3. The number of rotatable bonds is 4. The molecule has 2 rings (SSSR count). The van der Waals surface area contributed by atoms with E-state index in [1.807, 2.05) is 0 Å². The second-order valence-electron chi connectivity index (χ2n) is 5.86. The number of nitrogens with one attached hydrogen (secondary N) is 1. The molecular formula is C17H8Cl2F9NO. The number of benzene rings is 2. The molecule has 1 unspecified atom stereocenters. The van der Waals surface area contributed by atoms with Crippen LogP contribution in [0.5, 0.6) is 0 Å². The maximum atomic E-state index is 14.5. The molecule has 0 fully saturated rings. The average molecular weight is 484 g/mol. The number of alkyl halides is 9. The van der Waals surface area contributed by atoms with E-state index in [1.54, 1.807) is 6.07 Å². The molecule has 164 valence electrons. The van der Waals surface area contributed by atoms with Gasteiger partial charge in [0.2, 0.25) is 0 Å². The van der Waals surface area contributed by atoms with Crippen molar-refractivity contribution in [2.24, 2.45) is 0 Å². The van der Waals surface area contributed by atoms with Gasteiger partial charge < -0.3 is 5.32 Å². The topological polar surface area (TPSA) is 29.1 Å². The van der Waals surface area contributed by atoms with Crippen LogP contribution in [0, 0.1) is 0 Å². The number of hydrogen-bond donors (Lipinski definition) is 1. The van der Waals surface area contributed by atoms with Crippen LogP contribution < -0.4 is 5.32 Å². The number of carbonyl (C=O) groups excluding carboxylic acids is 1. The maximum absolute atomic E-state index is 14.5. The summed E-state index contributed by atoms with van der Waals surface area (Å²) in [6, 6.07) is 6.91. The summed E-state index contributed by atoms with van der Waals surface area (Å²) in [5, 5.41) is 0.0761. The Morgan fingerprint density at radius 1 is 0.767 bits per heavy atom. The molecule has 0 aliphatic carbocycles. The van der Waals surface area contributed by atoms with E-state index >= 15 is 0 Å². The predicted molar refractivity (Wildman–Crippen MR) is 90.7 cm³/mol. The summed E-state index contributed by atoms with van der Waals surface area (Å²) in [4.78, 5) is 12.1. The van der Waals surface area contributed by atoms with Gasteiger partial charge in [-0.2, -0.15) is 35.1 Å². The van der Waals surface area contributed by atoms with E-state index in [4.69, 9.17) is 23.2 Å². The van der Waals surface area contributed by atoms with Crippen LogP contribution in [0.15, 0.2) is 42.5 Å². The number of carbonyl (C=O) groups is 1. The van der Waals surface area contributed by atoms with Gasteiger partial charge in [0.1, 0.15) is 0 Å². The van der Waals surface area contributed by atoms with Gasteiger partial charge in [0.05, 0.1) is 15.7 Å². The Hall–Kier alpha value is -2.14. The van der Waals surface area contributed by atoms with Crippen LogP contribution in [0.1, 0.15) is 15.9 Å². The molecule has 0 saturated carbocycles. The molecule has 1 N–H and O–H groups in total. The van der Waals surface area contributed by atoms with Crippen molar-refractivity contribution in [2.45, 2.75) is 23.9 Å². The number of anilines is 1. The molecule has 0 aromatic heterocycles. The Bertz CT molecular complexity index is 921. The van der Waals surface area contributed by atoms with E-state index in [2.05, 4.69) is 5.32 Å². The van der Waals surface area contributed by atoms with Crippen LogP contribution in [-0.4, -0.2) is 24.2 Å². The van der Waals surface area contributed by atoms with Crippen LogP contribution in [0.3, 0.4) is 0 Å². The van der Waals surface area contributed by atoms with Crippen molar-refractivity contribution in [1.29, 1.82) is 0 Å². The fourth-order valence-electron chi connectivity index (χ4n) is 2.38. The third kappa shape index (κ3) is 4.04. The summed E-state index contributed by atoms with van der Waals surface area (Å²) in [5.74, 6) is -7.75. The summed E-state index contributed by atoms with van der Waals surface area (Å²) < 4.78 is 119. The molecule has 1 amide bonds. The first-order valence-corrected chi connectivity index (χ1v) is 8.35. The van der Waals surface area contributed by atoms with E-state index in [1.165, 1.54) is 24.3 Å². The van der Waals surface area contributed by atoms with Gasteiger partial charge in [0, 0.05) is 11.1 Å². The van der Waals surface area contributed by atoms with Crippen molar-refractivity contribution in [2.75, 3.05) is 5.32 Å². The zero-order valence-corrected chi connectivity index (χ0v) is 15.6. The van der Waals surface area contributed by atoms with Gasteiger partial charge in [-0.25, -0.2) is 4.39 Å². The lowest BCUT2D eigenvalue weighted by molar-refractivity contribution is -0.389. The predicted octanol–water partition coefficient (Wildman–Crippen LogP) is 7.17.